The Morgan fingerprint density at radius 1 is 1.06 bits per heavy atom. The number of methoxy groups -OCH3 is 1. The number of fused-ring (bicyclic) bond motifs is 1. The molecule has 2 heterocycles. The van der Waals surface area contributed by atoms with Crippen LogP contribution in [0.25, 0.3) is 22.4 Å². The van der Waals surface area contributed by atoms with Gasteiger partial charge < -0.3 is 14.2 Å². The number of aryl methyl sites for hydroxylation is 1. The predicted octanol–water partition coefficient (Wildman–Crippen LogP) is 4.97. The van der Waals surface area contributed by atoms with Crippen LogP contribution < -0.4 is 14.2 Å². The minimum absolute atomic E-state index is 0.0173. The highest BCUT2D eigenvalue weighted by atomic mass is 32.2. The molecule has 0 aliphatic heterocycles. The van der Waals surface area contributed by atoms with Gasteiger partial charge in [0.25, 0.3) is 5.88 Å². The Hall–Kier alpha value is -3.30. The van der Waals surface area contributed by atoms with E-state index in [2.05, 4.69) is 19.8 Å². The first kappa shape index (κ1) is 27.3. The van der Waals surface area contributed by atoms with E-state index in [-0.39, 0.29) is 26.8 Å². The highest BCUT2D eigenvalue weighted by Crippen LogP contribution is 2.38. The Morgan fingerprint density at radius 3 is 2.22 bits per heavy atom. The Bertz CT molecular complexity index is 1370. The lowest BCUT2D eigenvalue weighted by atomic mass is 10.1. The van der Waals surface area contributed by atoms with E-state index in [9.17, 15) is 34.8 Å². The van der Waals surface area contributed by atoms with Crippen LogP contribution in [0.4, 0.5) is 26.3 Å². The quantitative estimate of drug-likeness (QED) is 0.368. The largest absolute Gasteiger partial charge is 0.573 e. The third-order valence-corrected chi connectivity index (χ3v) is 6.28. The summed E-state index contributed by atoms with van der Waals surface area (Å²) in [7, 11) is -4.81. The lowest BCUT2D eigenvalue weighted by Crippen LogP contribution is -2.31. The molecule has 0 aliphatic rings. The molecule has 0 saturated heterocycles. The van der Waals surface area contributed by atoms with E-state index in [1.54, 1.807) is 13.8 Å². The van der Waals surface area contributed by atoms with E-state index in [1.165, 1.54) is 20.1 Å². The van der Waals surface area contributed by atoms with Gasteiger partial charge in [-0.05, 0) is 31.9 Å². The number of ether oxygens (including phenoxy) is 3. The monoisotopic (exact) mass is 542 g/mol. The van der Waals surface area contributed by atoms with Crippen LogP contribution in [-0.2, 0) is 10.0 Å². The minimum atomic E-state index is -5.99. The van der Waals surface area contributed by atoms with Gasteiger partial charge in [0.05, 0.1) is 18.5 Å². The third kappa shape index (κ3) is 5.27. The van der Waals surface area contributed by atoms with E-state index in [0.717, 1.165) is 12.1 Å². The Morgan fingerprint density at radius 2 is 1.69 bits per heavy atom. The molecule has 3 rings (SSSR count). The Labute approximate surface area is 201 Å². The van der Waals surface area contributed by atoms with Gasteiger partial charge in [0.2, 0.25) is 0 Å². The number of alkyl halides is 6. The van der Waals surface area contributed by atoms with Crippen molar-refractivity contribution >= 4 is 21.2 Å². The molecule has 0 bridgehead atoms. The molecule has 0 saturated carbocycles. The van der Waals surface area contributed by atoms with Crippen molar-refractivity contribution in [1.29, 1.82) is 0 Å². The highest BCUT2D eigenvalue weighted by Gasteiger charge is 2.50. The highest BCUT2D eigenvalue weighted by molar-refractivity contribution is 7.90. The molecule has 36 heavy (non-hydrogen) atoms. The number of rotatable bonds is 8. The number of nitrogens with zero attached hydrogens (tertiary/aromatic N) is 4. The molecule has 198 valence electrons. The summed E-state index contributed by atoms with van der Waals surface area (Å²) in [5.74, 6) is -1.21. The molecule has 0 aliphatic carbocycles. The van der Waals surface area contributed by atoms with E-state index in [4.69, 9.17) is 9.47 Å². The molecule has 0 atom stereocenters. The lowest BCUT2D eigenvalue weighted by Gasteiger charge is -2.14. The van der Waals surface area contributed by atoms with E-state index in [0.29, 0.717) is 12.8 Å². The van der Waals surface area contributed by atoms with Gasteiger partial charge in [-0.25, -0.2) is 9.97 Å². The van der Waals surface area contributed by atoms with Gasteiger partial charge in [-0.1, -0.05) is 13.8 Å². The summed E-state index contributed by atoms with van der Waals surface area (Å²) in [6.45, 7) is 4.81. The summed E-state index contributed by atoms with van der Waals surface area (Å²) in [6.07, 6.45) is -4.62. The molecule has 9 nitrogen and oxygen atoms in total. The molecule has 0 amide bonds. The first-order chi connectivity index (χ1) is 16.6. The van der Waals surface area contributed by atoms with Crippen LogP contribution in [0.3, 0.4) is 0 Å². The van der Waals surface area contributed by atoms with Crippen LogP contribution in [0, 0.1) is 6.92 Å². The summed E-state index contributed by atoms with van der Waals surface area (Å²) in [6, 6.07) is 3.10. The van der Waals surface area contributed by atoms with Crippen LogP contribution in [-0.4, -0.2) is 52.7 Å². The topological polar surface area (TPSA) is 105 Å². The zero-order valence-corrected chi connectivity index (χ0v) is 20.0. The summed E-state index contributed by atoms with van der Waals surface area (Å²) in [5.41, 5.74) is -6.78. The summed E-state index contributed by atoms with van der Waals surface area (Å²) < 4.78 is 116. The number of benzene rings is 1. The normalized spacial score (nSPS) is 12.9. The zero-order chi connectivity index (χ0) is 27.1. The average molecular weight is 542 g/mol. The van der Waals surface area contributed by atoms with Gasteiger partial charge in [0, 0.05) is 11.6 Å². The van der Waals surface area contributed by atoms with Crippen molar-refractivity contribution in [2.24, 2.45) is 0 Å². The maximum absolute atomic E-state index is 13.3. The van der Waals surface area contributed by atoms with Crippen LogP contribution in [0.1, 0.15) is 32.4 Å². The van der Waals surface area contributed by atoms with Crippen molar-refractivity contribution < 1.29 is 49.0 Å². The van der Waals surface area contributed by atoms with E-state index in [1.807, 2.05) is 0 Å². The third-order valence-electron chi connectivity index (χ3n) is 4.99. The molecule has 0 unspecified atom stereocenters. The molecule has 1 aromatic carbocycles. The van der Waals surface area contributed by atoms with E-state index < -0.39 is 50.8 Å². The van der Waals surface area contributed by atoms with Gasteiger partial charge in [0.1, 0.15) is 17.6 Å². The molecular formula is C20H20F6N4O5S. The molecule has 0 radical (unpaired) electrons. The lowest BCUT2D eigenvalue weighted by molar-refractivity contribution is -0.274. The summed E-state index contributed by atoms with van der Waals surface area (Å²) in [4.78, 5) is 8.23. The Kier molecular flexibility index (Phi) is 7.30. The SMILES string of the molecule is CCC(CC)Oc1nn(S(=O)(=O)C(F)(F)F)c2nc(C)c(-c3ccc(OC(F)(F)F)cc3OC)nc12. The fraction of sp³-hybridized carbons (Fsp3) is 0.450. The molecule has 2 aromatic heterocycles. The maximum Gasteiger partial charge on any atom is 0.573 e. The van der Waals surface area contributed by atoms with Crippen LogP contribution in [0.2, 0.25) is 0 Å². The van der Waals surface area contributed by atoms with Crippen molar-refractivity contribution in [3.8, 4) is 28.6 Å². The fourth-order valence-corrected chi connectivity index (χ4v) is 3.97. The second-order valence-electron chi connectivity index (χ2n) is 7.39. The summed E-state index contributed by atoms with van der Waals surface area (Å²) >= 11 is 0. The van der Waals surface area contributed by atoms with Gasteiger partial charge in [0.15, 0.2) is 11.2 Å². The first-order valence-corrected chi connectivity index (χ1v) is 11.8. The molecule has 0 spiro atoms. The van der Waals surface area contributed by atoms with Crippen molar-refractivity contribution in [2.45, 2.75) is 51.6 Å². The first-order valence-electron chi connectivity index (χ1n) is 10.3. The maximum atomic E-state index is 13.3. The molecule has 0 N–H and O–H groups in total. The number of hydrogen-bond donors (Lipinski definition) is 0. The smallest absolute Gasteiger partial charge is 0.496 e. The molecule has 16 heteroatoms. The van der Waals surface area contributed by atoms with Gasteiger partial charge in [-0.2, -0.15) is 21.6 Å². The molecule has 0 fully saturated rings. The molecule has 3 aromatic rings. The van der Waals surface area contributed by atoms with Crippen molar-refractivity contribution in [1.82, 2.24) is 19.2 Å². The van der Waals surface area contributed by atoms with Crippen molar-refractivity contribution in [3.05, 3.63) is 23.9 Å². The van der Waals surface area contributed by atoms with Crippen LogP contribution in [0.5, 0.6) is 17.4 Å². The summed E-state index contributed by atoms with van der Waals surface area (Å²) in [5, 5.41) is 3.52. The second-order valence-corrected chi connectivity index (χ2v) is 9.15. The van der Waals surface area contributed by atoms with Crippen LogP contribution >= 0.6 is 0 Å². The second kappa shape index (κ2) is 9.63. The standard InChI is InChI=1S/C20H20F6N4O5S/c1-5-11(6-2)34-18-16-17(30(29-18)36(31,32)20(24,25)26)27-10(3)15(28-16)13-8-7-12(9-14(13)33-4)35-19(21,22)23/h7-9,11H,5-6H2,1-4H3. The van der Waals surface area contributed by atoms with Crippen molar-refractivity contribution in [3.63, 3.8) is 0 Å². The zero-order valence-electron chi connectivity index (χ0n) is 19.2. The number of hydrogen-bond acceptors (Lipinski definition) is 8. The number of halogens is 6. The van der Waals surface area contributed by atoms with Gasteiger partial charge in [-0.3, -0.25) is 0 Å². The fourth-order valence-electron chi connectivity index (χ4n) is 3.24. The predicted molar refractivity (Wildman–Crippen MR) is 114 cm³/mol. The van der Waals surface area contributed by atoms with E-state index >= 15 is 0 Å². The van der Waals surface area contributed by atoms with Crippen molar-refractivity contribution in [2.75, 3.05) is 7.11 Å². The van der Waals surface area contributed by atoms with Crippen LogP contribution in [0.15, 0.2) is 18.2 Å². The number of aromatic nitrogens is 4. The minimum Gasteiger partial charge on any atom is -0.496 e. The average Bonchev–Trinajstić information content (AvgIpc) is 3.12. The van der Waals surface area contributed by atoms with Gasteiger partial charge in [-0.15, -0.1) is 22.4 Å². The van der Waals surface area contributed by atoms with Gasteiger partial charge >= 0.3 is 21.9 Å². The molecular weight excluding hydrogens is 522 g/mol. The Balaban J connectivity index is 2.27.